The lowest BCUT2D eigenvalue weighted by Crippen LogP contribution is -2.61. The predicted octanol–water partition coefficient (Wildman–Crippen LogP) is 6.18. The molecule has 4 rings (SSSR count). The molecule has 1 aliphatic carbocycles. The van der Waals surface area contributed by atoms with Crippen molar-refractivity contribution in [2.24, 2.45) is 35.5 Å². The van der Waals surface area contributed by atoms with Gasteiger partial charge in [-0.1, -0.05) is 71.1 Å². The van der Waals surface area contributed by atoms with E-state index < -0.39 is 83.9 Å². The van der Waals surface area contributed by atoms with Gasteiger partial charge in [0.1, 0.15) is 30.1 Å². The average molecular weight is 914 g/mol. The Morgan fingerprint density at radius 1 is 0.846 bits per heavy atom. The Kier molecular flexibility index (Phi) is 21.0. The summed E-state index contributed by atoms with van der Waals surface area (Å²) in [6.45, 7) is 12.7. The highest BCUT2D eigenvalue weighted by atomic mass is 16.6. The van der Waals surface area contributed by atoms with Crippen LogP contribution >= 0.6 is 0 Å². The van der Waals surface area contributed by atoms with Crippen LogP contribution in [-0.4, -0.2) is 132 Å². The van der Waals surface area contributed by atoms with Gasteiger partial charge in [-0.25, -0.2) is 4.79 Å². The number of Topliss-reactive ketones (excluding diaryl/α,β-unsaturated/α-hetero) is 3. The minimum absolute atomic E-state index is 0.0193. The molecule has 3 N–H and O–H groups in total. The molecule has 65 heavy (non-hydrogen) atoms. The van der Waals surface area contributed by atoms with E-state index in [0.717, 1.165) is 12.0 Å². The summed E-state index contributed by atoms with van der Waals surface area (Å²) in [5.74, 6) is -7.96. The summed E-state index contributed by atoms with van der Waals surface area (Å²) in [5.41, 5.74) is 1.27. The van der Waals surface area contributed by atoms with E-state index in [4.69, 9.17) is 23.7 Å². The predicted molar refractivity (Wildman–Crippen MR) is 245 cm³/mol. The number of esters is 1. The van der Waals surface area contributed by atoms with Gasteiger partial charge in [0.25, 0.3) is 11.7 Å². The van der Waals surface area contributed by atoms with E-state index in [0.29, 0.717) is 63.4 Å². The Bertz CT molecular complexity index is 1760. The number of aliphatic hydroxyl groups excluding tert-OH is 2. The zero-order valence-electron chi connectivity index (χ0n) is 40.6. The number of methoxy groups -OCH3 is 3. The van der Waals surface area contributed by atoms with Crippen LogP contribution < -0.4 is 0 Å². The molecule has 0 aromatic carbocycles. The summed E-state index contributed by atoms with van der Waals surface area (Å²) < 4.78 is 29.4. The van der Waals surface area contributed by atoms with E-state index >= 15 is 0 Å². The number of carbonyl (C=O) groups is 5. The molecule has 0 aromatic heterocycles. The van der Waals surface area contributed by atoms with Crippen molar-refractivity contribution >= 4 is 29.2 Å². The topological polar surface area (TPSA) is 195 Å². The van der Waals surface area contributed by atoms with Crippen LogP contribution in [0.2, 0.25) is 0 Å². The summed E-state index contributed by atoms with van der Waals surface area (Å²) in [4.78, 5) is 71.8. The van der Waals surface area contributed by atoms with Crippen molar-refractivity contribution in [2.45, 2.75) is 180 Å². The molecule has 0 unspecified atom stereocenters. The molecule has 1 saturated carbocycles. The molecule has 0 spiro atoms. The molecule has 3 heterocycles. The molecule has 3 aliphatic heterocycles. The van der Waals surface area contributed by atoms with Crippen LogP contribution in [0.25, 0.3) is 0 Å². The summed E-state index contributed by atoms with van der Waals surface area (Å²) in [5, 5.41) is 33.8. The third-order valence-electron chi connectivity index (χ3n) is 14.5. The molecule has 2 bridgehead atoms. The van der Waals surface area contributed by atoms with E-state index in [1.54, 1.807) is 41.1 Å². The van der Waals surface area contributed by atoms with Gasteiger partial charge in [-0.3, -0.25) is 19.2 Å². The second kappa shape index (κ2) is 25.1. The van der Waals surface area contributed by atoms with Gasteiger partial charge in [0.2, 0.25) is 5.79 Å². The Morgan fingerprint density at radius 3 is 2.25 bits per heavy atom. The van der Waals surface area contributed by atoms with Crippen molar-refractivity contribution in [1.29, 1.82) is 0 Å². The standard InChI is InChI=1S/C51H79NO13/c1-30-16-12-11-13-17-31(2)42(61-8)28-38-21-19-36(7)51(60,65-38)48(57)49(58)52-23-15-14-18-39(52)50(59)64-43(33(4)26-37-20-22-40(53)44(27-37)62-9)29-41(54)32(3)25-35(6)46(56)47(63-10)45(55)34(5)24-30/h11-13,16-17,25,30,32-34,36-40,42-44,46-47,53,56,60H,14-15,18-24,26-29H2,1-10H3/b13-11?,16-12+,31-17?,35-25+/t30-,32-,33+,34-,36-,37-,38-,39-,40+,42+,43+,44+,46-,47+,51-/m0/s1. The number of hydrogen-bond acceptors (Lipinski definition) is 13. The third kappa shape index (κ3) is 14.3. The number of carbonyl (C=O) groups excluding carboxylic acids is 5. The van der Waals surface area contributed by atoms with Gasteiger partial charge in [0.05, 0.1) is 24.4 Å². The van der Waals surface area contributed by atoms with E-state index in [-0.39, 0.29) is 54.8 Å². The number of ketones is 3. The quantitative estimate of drug-likeness (QED) is 0.156. The Hall–Kier alpha value is -3.37. The molecule has 0 aromatic rings. The zero-order chi connectivity index (χ0) is 48.2. The molecule has 3 fully saturated rings. The van der Waals surface area contributed by atoms with Gasteiger partial charge in [-0.15, -0.1) is 0 Å². The molecule has 14 heteroatoms. The second-order valence-corrected chi connectivity index (χ2v) is 19.6. The first-order chi connectivity index (χ1) is 30.7. The van der Waals surface area contributed by atoms with Gasteiger partial charge in [0.15, 0.2) is 5.78 Å². The summed E-state index contributed by atoms with van der Waals surface area (Å²) in [7, 11) is 4.52. The highest BCUT2D eigenvalue weighted by molar-refractivity contribution is 6.39. The van der Waals surface area contributed by atoms with Crippen LogP contribution in [0.15, 0.2) is 47.6 Å². The van der Waals surface area contributed by atoms with Crippen molar-refractivity contribution in [1.82, 2.24) is 4.90 Å². The maximum absolute atomic E-state index is 14.4. The van der Waals surface area contributed by atoms with Crippen molar-refractivity contribution in [3.05, 3.63) is 47.6 Å². The fraction of sp³-hybridized carbons (Fsp3) is 0.745. The molecular formula is C51H79NO13. The van der Waals surface area contributed by atoms with Crippen LogP contribution in [0.3, 0.4) is 0 Å². The van der Waals surface area contributed by atoms with Crippen LogP contribution in [-0.2, 0) is 47.7 Å². The van der Waals surface area contributed by atoms with Gasteiger partial charge in [-0.2, -0.15) is 0 Å². The smallest absolute Gasteiger partial charge is 0.329 e. The maximum atomic E-state index is 14.4. The number of rotatable bonds is 6. The normalized spacial score (nSPS) is 39.1. The number of aliphatic hydroxyl groups is 3. The summed E-state index contributed by atoms with van der Waals surface area (Å²) in [6, 6.07) is -1.14. The first kappa shape index (κ1) is 54.2. The van der Waals surface area contributed by atoms with Crippen molar-refractivity contribution in [3.63, 3.8) is 0 Å². The Morgan fingerprint density at radius 2 is 1.57 bits per heavy atom. The minimum atomic E-state index is -2.43. The van der Waals surface area contributed by atoms with E-state index in [9.17, 15) is 39.3 Å². The number of fused-ring (bicyclic) bond motifs is 3. The first-order valence-corrected chi connectivity index (χ1v) is 23.9. The number of ether oxygens (including phenoxy) is 5. The minimum Gasteiger partial charge on any atom is -0.460 e. The van der Waals surface area contributed by atoms with Crippen LogP contribution in [0.4, 0.5) is 0 Å². The van der Waals surface area contributed by atoms with Crippen LogP contribution in [0, 0.1) is 35.5 Å². The highest BCUT2D eigenvalue weighted by Gasteiger charge is 2.53. The third-order valence-corrected chi connectivity index (χ3v) is 14.5. The Balaban J connectivity index is 1.70. The average Bonchev–Trinajstić information content (AvgIpc) is 3.28. The number of amides is 1. The van der Waals surface area contributed by atoms with Gasteiger partial charge in [0, 0.05) is 58.5 Å². The number of piperidine rings is 1. The summed E-state index contributed by atoms with van der Waals surface area (Å²) >= 11 is 0. The highest BCUT2D eigenvalue weighted by Crippen LogP contribution is 2.38. The molecule has 14 nitrogen and oxygen atoms in total. The van der Waals surface area contributed by atoms with Crippen molar-refractivity contribution in [2.75, 3.05) is 27.9 Å². The van der Waals surface area contributed by atoms with E-state index in [1.165, 1.54) is 12.0 Å². The van der Waals surface area contributed by atoms with Crippen LogP contribution in [0.5, 0.6) is 0 Å². The molecule has 1 amide bonds. The lowest BCUT2D eigenvalue weighted by molar-refractivity contribution is -0.265. The maximum Gasteiger partial charge on any atom is 0.329 e. The lowest BCUT2D eigenvalue weighted by atomic mass is 9.78. The molecular weight excluding hydrogens is 835 g/mol. The molecule has 4 aliphatic rings. The fourth-order valence-corrected chi connectivity index (χ4v) is 10.1. The van der Waals surface area contributed by atoms with Crippen molar-refractivity contribution < 1.29 is 63.0 Å². The van der Waals surface area contributed by atoms with E-state index in [1.807, 2.05) is 58.1 Å². The monoisotopic (exact) mass is 914 g/mol. The molecule has 366 valence electrons. The number of nitrogens with zero attached hydrogens (tertiary/aromatic N) is 1. The van der Waals surface area contributed by atoms with Gasteiger partial charge in [-0.05, 0) is 107 Å². The number of hydrogen-bond donors (Lipinski definition) is 3. The van der Waals surface area contributed by atoms with Crippen molar-refractivity contribution in [3.8, 4) is 0 Å². The second-order valence-electron chi connectivity index (χ2n) is 19.6. The zero-order valence-corrected chi connectivity index (χ0v) is 40.6. The summed E-state index contributed by atoms with van der Waals surface area (Å²) in [6.07, 6.45) is 11.2. The largest absolute Gasteiger partial charge is 0.460 e. The number of cyclic esters (lactones) is 1. The fourth-order valence-electron chi connectivity index (χ4n) is 10.1. The first-order valence-electron chi connectivity index (χ1n) is 23.9. The molecule has 15 atom stereocenters. The van der Waals surface area contributed by atoms with Crippen LogP contribution in [0.1, 0.15) is 126 Å². The molecule has 0 radical (unpaired) electrons. The Labute approximate surface area is 387 Å². The number of allylic oxidation sites excluding steroid dienone is 6. The van der Waals surface area contributed by atoms with E-state index in [2.05, 4.69) is 0 Å². The van der Waals surface area contributed by atoms with Gasteiger partial charge >= 0.3 is 5.97 Å². The SMILES string of the molecule is CO[C@@H]1C(=O)[C@@H](C)C[C@@H](C)/C=C/C=CC=C(C)[C@H](OC)C[C@@H]2CC[C@H](C)[C@](O)(O2)C(=O)C(=O)N2CCCC[C@H]2C(=O)O[C@@H]([C@H](C)C[C@@H]2CC[C@@H](O)[C@H](OC)C2)CC(=O)[C@@H](C)/C=C(\C)[C@@H]1O. The van der Waals surface area contributed by atoms with Gasteiger partial charge < -0.3 is 43.9 Å². The molecule has 2 saturated heterocycles. The lowest BCUT2D eigenvalue weighted by Gasteiger charge is -2.42.